The highest BCUT2D eigenvalue weighted by molar-refractivity contribution is 5.43. The van der Waals surface area contributed by atoms with E-state index in [0.717, 1.165) is 18.9 Å². The molecule has 0 bridgehead atoms. The van der Waals surface area contributed by atoms with Crippen LogP contribution in [0.5, 0.6) is 0 Å². The van der Waals surface area contributed by atoms with Gasteiger partial charge in [-0.2, -0.15) is 0 Å². The molecule has 0 spiro atoms. The van der Waals surface area contributed by atoms with Crippen molar-refractivity contribution < 1.29 is 0 Å². The van der Waals surface area contributed by atoms with Crippen LogP contribution in [-0.4, -0.2) is 21.1 Å². The second-order valence-corrected chi connectivity index (χ2v) is 3.20. The maximum Gasteiger partial charge on any atom is 0.126 e. The fourth-order valence-electron chi connectivity index (χ4n) is 1.24. The van der Waals surface area contributed by atoms with Gasteiger partial charge in [-0.3, -0.25) is 0 Å². The molecule has 0 atom stereocenters. The van der Waals surface area contributed by atoms with Gasteiger partial charge in [-0.25, -0.2) is 9.97 Å². The molecule has 5 nitrogen and oxygen atoms in total. The molecule has 0 saturated heterocycles. The first kappa shape index (κ1) is 9.51. The molecule has 0 amide bonds. The summed E-state index contributed by atoms with van der Waals surface area (Å²) in [6.07, 6.45) is 7.12. The predicted molar refractivity (Wildman–Crippen MR) is 59.4 cm³/mol. The van der Waals surface area contributed by atoms with Crippen LogP contribution in [0.25, 0.3) is 0 Å². The Bertz CT molecular complexity index is 392. The van der Waals surface area contributed by atoms with Crippen molar-refractivity contribution in [2.75, 3.05) is 17.6 Å². The molecule has 15 heavy (non-hydrogen) atoms. The Hall–Kier alpha value is -2.04. The summed E-state index contributed by atoms with van der Waals surface area (Å²) in [7, 11) is 0. The Morgan fingerprint density at radius 1 is 1.40 bits per heavy atom. The van der Waals surface area contributed by atoms with E-state index in [0.29, 0.717) is 5.69 Å². The van der Waals surface area contributed by atoms with Gasteiger partial charge in [0.15, 0.2) is 0 Å². The van der Waals surface area contributed by atoms with Gasteiger partial charge < -0.3 is 15.6 Å². The molecule has 0 fully saturated rings. The average Bonchev–Trinajstić information content (AvgIpc) is 2.74. The van der Waals surface area contributed by atoms with Gasteiger partial charge in [-0.15, -0.1) is 0 Å². The molecule has 5 heteroatoms. The number of imidazole rings is 1. The van der Waals surface area contributed by atoms with Crippen LogP contribution in [0.4, 0.5) is 11.5 Å². The third-order valence-electron chi connectivity index (χ3n) is 2.02. The average molecular weight is 203 g/mol. The molecule has 0 aliphatic carbocycles. The highest BCUT2D eigenvalue weighted by Crippen LogP contribution is 2.05. The van der Waals surface area contributed by atoms with Crippen molar-refractivity contribution in [3.05, 3.63) is 37.1 Å². The minimum absolute atomic E-state index is 0.676. The Balaban J connectivity index is 1.81. The van der Waals surface area contributed by atoms with Crippen molar-refractivity contribution in [1.82, 2.24) is 14.5 Å². The van der Waals surface area contributed by atoms with E-state index < -0.39 is 0 Å². The van der Waals surface area contributed by atoms with Crippen LogP contribution >= 0.6 is 0 Å². The van der Waals surface area contributed by atoms with Gasteiger partial charge in [-0.05, 0) is 12.1 Å². The molecule has 0 aliphatic rings. The fourth-order valence-corrected chi connectivity index (χ4v) is 1.24. The molecule has 78 valence electrons. The second-order valence-electron chi connectivity index (χ2n) is 3.20. The molecule has 0 saturated carbocycles. The number of hydrogen-bond donors (Lipinski definition) is 2. The van der Waals surface area contributed by atoms with Crippen LogP contribution < -0.4 is 11.1 Å². The summed E-state index contributed by atoms with van der Waals surface area (Å²) in [5, 5.41) is 3.19. The van der Waals surface area contributed by atoms with Crippen LogP contribution in [0.3, 0.4) is 0 Å². The van der Waals surface area contributed by atoms with Gasteiger partial charge >= 0.3 is 0 Å². The van der Waals surface area contributed by atoms with E-state index in [4.69, 9.17) is 5.73 Å². The van der Waals surface area contributed by atoms with Crippen LogP contribution in [0.15, 0.2) is 37.1 Å². The first-order chi connectivity index (χ1) is 7.34. The Kier molecular flexibility index (Phi) is 2.82. The molecule has 2 aromatic rings. The minimum Gasteiger partial charge on any atom is -0.397 e. The lowest BCUT2D eigenvalue weighted by atomic mass is 10.4. The van der Waals surface area contributed by atoms with E-state index in [1.165, 1.54) is 0 Å². The lowest BCUT2D eigenvalue weighted by Crippen LogP contribution is -2.10. The molecular formula is C10H13N5. The maximum absolute atomic E-state index is 5.53. The molecule has 0 radical (unpaired) electrons. The highest BCUT2D eigenvalue weighted by Gasteiger charge is 1.93. The number of nitrogens with two attached hydrogens (primary N) is 1. The molecule has 0 aromatic carbocycles. The number of anilines is 2. The van der Waals surface area contributed by atoms with E-state index >= 15 is 0 Å². The molecule has 2 aromatic heterocycles. The minimum atomic E-state index is 0.676. The van der Waals surface area contributed by atoms with Crippen molar-refractivity contribution in [3.8, 4) is 0 Å². The molecule has 0 aliphatic heterocycles. The summed E-state index contributed by atoms with van der Waals surface area (Å²) in [6.45, 7) is 1.68. The summed E-state index contributed by atoms with van der Waals surface area (Å²) in [4.78, 5) is 8.10. The fraction of sp³-hybridized carbons (Fsp3) is 0.200. The van der Waals surface area contributed by atoms with Gasteiger partial charge in [-0.1, -0.05) is 0 Å². The topological polar surface area (TPSA) is 68.8 Å². The van der Waals surface area contributed by atoms with Crippen molar-refractivity contribution in [1.29, 1.82) is 0 Å². The summed E-state index contributed by atoms with van der Waals surface area (Å²) >= 11 is 0. The van der Waals surface area contributed by atoms with Gasteiger partial charge in [0, 0.05) is 25.5 Å². The number of rotatable bonds is 4. The predicted octanol–water partition coefficient (Wildman–Crippen LogP) is 0.972. The van der Waals surface area contributed by atoms with Crippen molar-refractivity contribution in [3.63, 3.8) is 0 Å². The SMILES string of the molecule is Nc1ccc(NCCn2ccnc2)nc1. The number of aromatic nitrogens is 3. The first-order valence-corrected chi connectivity index (χ1v) is 4.76. The number of nitrogen functional groups attached to an aromatic ring is 1. The van der Waals surface area contributed by atoms with E-state index in [2.05, 4.69) is 15.3 Å². The van der Waals surface area contributed by atoms with Crippen molar-refractivity contribution >= 4 is 11.5 Å². The second kappa shape index (κ2) is 4.45. The molecule has 3 N–H and O–H groups in total. The molecule has 2 heterocycles. The first-order valence-electron chi connectivity index (χ1n) is 4.76. The van der Waals surface area contributed by atoms with Crippen LogP contribution in [0.1, 0.15) is 0 Å². The standard InChI is InChI=1S/C10H13N5/c11-9-1-2-10(14-7-9)13-4-6-15-5-3-12-8-15/h1-3,5,7-8H,4,6,11H2,(H,13,14). The van der Waals surface area contributed by atoms with Crippen LogP contribution in [-0.2, 0) is 6.54 Å². The van der Waals surface area contributed by atoms with Gasteiger partial charge in [0.05, 0.1) is 18.2 Å². The summed E-state index contributed by atoms with van der Waals surface area (Å²) in [5.74, 6) is 0.837. The van der Waals surface area contributed by atoms with E-state index in [9.17, 15) is 0 Å². The van der Waals surface area contributed by atoms with Gasteiger partial charge in [0.1, 0.15) is 5.82 Å². The normalized spacial score (nSPS) is 10.1. The van der Waals surface area contributed by atoms with Gasteiger partial charge in [0.25, 0.3) is 0 Å². The van der Waals surface area contributed by atoms with Crippen LogP contribution in [0.2, 0.25) is 0 Å². The Morgan fingerprint density at radius 2 is 2.33 bits per heavy atom. The van der Waals surface area contributed by atoms with Crippen LogP contribution in [0, 0.1) is 0 Å². The number of hydrogen-bond acceptors (Lipinski definition) is 4. The van der Waals surface area contributed by atoms with E-state index in [1.807, 2.05) is 22.9 Å². The third kappa shape index (κ3) is 2.70. The lowest BCUT2D eigenvalue weighted by Gasteiger charge is -2.05. The zero-order valence-corrected chi connectivity index (χ0v) is 8.30. The highest BCUT2D eigenvalue weighted by atomic mass is 15.1. The smallest absolute Gasteiger partial charge is 0.126 e. The quantitative estimate of drug-likeness (QED) is 0.777. The summed E-state index contributed by atoms with van der Waals surface area (Å²) in [6, 6.07) is 3.69. The largest absolute Gasteiger partial charge is 0.397 e. The molecule has 2 rings (SSSR count). The number of nitrogens with one attached hydrogen (secondary N) is 1. The Labute approximate surface area is 88.0 Å². The zero-order chi connectivity index (χ0) is 10.5. The summed E-state index contributed by atoms with van der Waals surface area (Å²) < 4.78 is 2.00. The van der Waals surface area contributed by atoms with Gasteiger partial charge in [0.2, 0.25) is 0 Å². The monoisotopic (exact) mass is 203 g/mol. The maximum atomic E-state index is 5.53. The van der Waals surface area contributed by atoms with Crippen molar-refractivity contribution in [2.45, 2.75) is 6.54 Å². The Morgan fingerprint density at radius 3 is 3.00 bits per heavy atom. The third-order valence-corrected chi connectivity index (χ3v) is 2.02. The van der Waals surface area contributed by atoms with Crippen molar-refractivity contribution in [2.24, 2.45) is 0 Å². The summed E-state index contributed by atoms with van der Waals surface area (Å²) in [5.41, 5.74) is 6.21. The number of pyridine rings is 1. The zero-order valence-electron chi connectivity index (χ0n) is 8.30. The van der Waals surface area contributed by atoms with E-state index in [-0.39, 0.29) is 0 Å². The lowest BCUT2D eigenvalue weighted by molar-refractivity contribution is 0.725. The number of nitrogens with zero attached hydrogens (tertiary/aromatic N) is 3. The molecule has 0 unspecified atom stereocenters. The van der Waals surface area contributed by atoms with E-state index in [1.54, 1.807) is 18.7 Å². The molecular weight excluding hydrogens is 190 g/mol.